The Morgan fingerprint density at radius 3 is 2.63 bits per heavy atom. The highest BCUT2D eigenvalue weighted by Gasteiger charge is 2.35. The summed E-state index contributed by atoms with van der Waals surface area (Å²) in [6.45, 7) is 4.52. The Balaban J connectivity index is 1.76. The minimum Gasteiger partial charge on any atom is -0.314 e. The smallest absolute Gasteiger partial charge is 0.314 e. The molecule has 4 nitrogen and oxygen atoms in total. The summed E-state index contributed by atoms with van der Waals surface area (Å²) in [5, 5.41) is 3.63. The number of nitrogens with zero attached hydrogens (tertiary/aromatic N) is 2. The van der Waals surface area contributed by atoms with Gasteiger partial charge in [-0.2, -0.15) is 0 Å². The van der Waals surface area contributed by atoms with Gasteiger partial charge >= 0.3 is 6.03 Å². The van der Waals surface area contributed by atoms with Gasteiger partial charge in [0.2, 0.25) is 0 Å². The first kappa shape index (κ1) is 22.9. The third-order valence-electron chi connectivity index (χ3n) is 5.45. The van der Waals surface area contributed by atoms with E-state index in [0.717, 1.165) is 31.5 Å². The van der Waals surface area contributed by atoms with E-state index in [0.29, 0.717) is 35.2 Å². The fraction of sp³-hybridized carbons (Fsp3) is 0.435. The van der Waals surface area contributed by atoms with Crippen LogP contribution in [0.25, 0.3) is 0 Å². The molecule has 1 fully saturated rings. The summed E-state index contributed by atoms with van der Waals surface area (Å²) in [5.74, 6) is 0. The first-order valence-electron chi connectivity index (χ1n) is 10.4. The molecule has 30 heavy (non-hydrogen) atoms. The number of likely N-dealkylation sites (tertiary alicyclic amines) is 1. The normalized spacial score (nSPS) is 19.5. The fourth-order valence-electron chi connectivity index (χ4n) is 3.78. The van der Waals surface area contributed by atoms with Gasteiger partial charge in [-0.3, -0.25) is 0 Å². The fourth-order valence-corrected chi connectivity index (χ4v) is 4.08. The molecule has 1 aliphatic heterocycles. The van der Waals surface area contributed by atoms with E-state index in [2.05, 4.69) is 17.1 Å². The zero-order valence-corrected chi connectivity index (χ0v) is 18.7. The molecular formula is C23H28Cl2FN3O. The maximum absolute atomic E-state index is 15.2. The van der Waals surface area contributed by atoms with Crippen molar-refractivity contribution in [2.45, 2.75) is 44.9 Å². The third kappa shape index (κ3) is 6.10. The molecule has 0 bridgehead atoms. The molecule has 2 atom stereocenters. The van der Waals surface area contributed by atoms with Crippen molar-refractivity contribution in [3.05, 3.63) is 64.1 Å². The topological polar surface area (TPSA) is 35.6 Å². The van der Waals surface area contributed by atoms with Crippen molar-refractivity contribution < 1.29 is 9.18 Å². The molecule has 0 spiro atoms. The molecule has 1 N–H and O–H groups in total. The Morgan fingerprint density at radius 2 is 1.97 bits per heavy atom. The average Bonchev–Trinajstić information content (AvgIpc) is 2.74. The Morgan fingerprint density at radius 1 is 1.20 bits per heavy atom. The van der Waals surface area contributed by atoms with E-state index in [1.165, 1.54) is 0 Å². The lowest BCUT2D eigenvalue weighted by Gasteiger charge is -2.40. The lowest BCUT2D eigenvalue weighted by molar-refractivity contribution is 0.0499. The molecule has 2 unspecified atom stereocenters. The number of urea groups is 1. The van der Waals surface area contributed by atoms with Crippen LogP contribution >= 0.6 is 23.2 Å². The van der Waals surface area contributed by atoms with Gasteiger partial charge in [0, 0.05) is 25.3 Å². The molecule has 0 aliphatic carbocycles. The summed E-state index contributed by atoms with van der Waals surface area (Å²) in [6.07, 6.45) is 1.65. The van der Waals surface area contributed by atoms with Crippen LogP contribution in [0.3, 0.4) is 0 Å². The number of benzene rings is 2. The van der Waals surface area contributed by atoms with Crippen LogP contribution in [0, 0.1) is 0 Å². The van der Waals surface area contributed by atoms with E-state index in [9.17, 15) is 4.79 Å². The lowest BCUT2D eigenvalue weighted by Crippen LogP contribution is -2.55. The Hall–Kier alpha value is -1.82. The molecule has 2 amide bonds. The van der Waals surface area contributed by atoms with Crippen molar-refractivity contribution in [1.29, 1.82) is 0 Å². The number of anilines is 1. The molecule has 2 aromatic carbocycles. The van der Waals surface area contributed by atoms with Crippen molar-refractivity contribution in [2.75, 3.05) is 25.0 Å². The monoisotopic (exact) mass is 451 g/mol. The third-order valence-corrected chi connectivity index (χ3v) is 6.19. The van der Waals surface area contributed by atoms with Gasteiger partial charge in [-0.15, -0.1) is 0 Å². The van der Waals surface area contributed by atoms with Crippen LogP contribution in [-0.4, -0.2) is 47.7 Å². The van der Waals surface area contributed by atoms with Gasteiger partial charge in [0.1, 0.15) is 6.17 Å². The van der Waals surface area contributed by atoms with Gasteiger partial charge in [-0.1, -0.05) is 66.9 Å². The van der Waals surface area contributed by atoms with Gasteiger partial charge in [-0.05, 0) is 43.1 Å². The van der Waals surface area contributed by atoms with Crippen LogP contribution < -0.4 is 5.32 Å². The molecule has 0 saturated carbocycles. The van der Waals surface area contributed by atoms with E-state index in [4.69, 9.17) is 23.2 Å². The second-order valence-electron chi connectivity index (χ2n) is 7.70. The highest BCUT2D eigenvalue weighted by atomic mass is 35.5. The first-order chi connectivity index (χ1) is 14.5. The standard InChI is InChI=1S/C23H28Cl2FN3O/c1-2-3-12-28-13-11-22(21(26)16-28)29(15-17-7-5-4-6-8-17)23(30)27-18-9-10-19(24)20(25)14-18/h4-10,14,21-22H,2-3,11-13,15-16H2,1H3,(H,27,30). The molecule has 7 heteroatoms. The summed E-state index contributed by atoms with van der Waals surface area (Å²) in [4.78, 5) is 16.9. The molecule has 0 aromatic heterocycles. The summed E-state index contributed by atoms with van der Waals surface area (Å²) in [5.41, 5.74) is 1.49. The SMILES string of the molecule is CCCCN1CCC(N(Cc2ccccc2)C(=O)Nc2ccc(Cl)c(Cl)c2)C(F)C1. The van der Waals surface area contributed by atoms with Crippen molar-refractivity contribution in [1.82, 2.24) is 9.80 Å². The highest BCUT2D eigenvalue weighted by molar-refractivity contribution is 6.42. The summed E-state index contributed by atoms with van der Waals surface area (Å²) < 4.78 is 15.2. The van der Waals surface area contributed by atoms with E-state index < -0.39 is 12.2 Å². The minimum atomic E-state index is -1.10. The molecule has 162 valence electrons. The zero-order chi connectivity index (χ0) is 21.5. The van der Waals surface area contributed by atoms with Crippen LogP contribution in [0.5, 0.6) is 0 Å². The van der Waals surface area contributed by atoms with Gasteiger partial charge in [-0.25, -0.2) is 9.18 Å². The number of hydrogen-bond donors (Lipinski definition) is 1. The van der Waals surface area contributed by atoms with Crippen LogP contribution in [0.2, 0.25) is 10.0 Å². The second kappa shape index (κ2) is 11.0. The molecule has 1 saturated heterocycles. The van der Waals surface area contributed by atoms with Gasteiger partial charge in [0.15, 0.2) is 0 Å². The highest BCUT2D eigenvalue weighted by Crippen LogP contribution is 2.27. The van der Waals surface area contributed by atoms with E-state index >= 15 is 4.39 Å². The van der Waals surface area contributed by atoms with Crippen molar-refractivity contribution in [3.8, 4) is 0 Å². The largest absolute Gasteiger partial charge is 0.322 e. The maximum Gasteiger partial charge on any atom is 0.322 e. The predicted octanol–water partition coefficient (Wildman–Crippen LogP) is 6.24. The molecule has 1 heterocycles. The van der Waals surface area contributed by atoms with Gasteiger partial charge in [0.05, 0.1) is 16.1 Å². The summed E-state index contributed by atoms with van der Waals surface area (Å²) in [6, 6.07) is 13.8. The Labute approximate surface area is 188 Å². The molecular weight excluding hydrogens is 424 g/mol. The number of nitrogens with one attached hydrogen (secondary N) is 1. The van der Waals surface area contributed by atoms with E-state index in [1.807, 2.05) is 30.3 Å². The molecule has 2 aromatic rings. The average molecular weight is 452 g/mol. The number of halogens is 3. The molecule has 1 aliphatic rings. The van der Waals surface area contributed by atoms with Crippen LogP contribution in [-0.2, 0) is 6.54 Å². The molecule has 0 radical (unpaired) electrons. The maximum atomic E-state index is 15.2. The van der Waals surface area contributed by atoms with Gasteiger partial charge in [0.25, 0.3) is 0 Å². The summed E-state index contributed by atoms with van der Waals surface area (Å²) >= 11 is 12.0. The quantitative estimate of drug-likeness (QED) is 0.540. The van der Waals surface area contributed by atoms with Crippen molar-refractivity contribution in [2.24, 2.45) is 0 Å². The Bertz CT molecular complexity index is 836. The predicted molar refractivity (Wildman–Crippen MR) is 122 cm³/mol. The second-order valence-corrected chi connectivity index (χ2v) is 8.51. The Kier molecular flexibility index (Phi) is 8.37. The number of amides is 2. The molecule has 3 rings (SSSR count). The number of carbonyl (C=O) groups is 1. The van der Waals surface area contributed by atoms with Gasteiger partial charge < -0.3 is 15.1 Å². The number of carbonyl (C=O) groups excluding carboxylic acids is 1. The van der Waals surface area contributed by atoms with Crippen LogP contribution in [0.1, 0.15) is 31.7 Å². The van der Waals surface area contributed by atoms with Crippen molar-refractivity contribution in [3.63, 3.8) is 0 Å². The van der Waals surface area contributed by atoms with Crippen molar-refractivity contribution >= 4 is 34.9 Å². The van der Waals surface area contributed by atoms with Crippen LogP contribution in [0.4, 0.5) is 14.9 Å². The number of hydrogen-bond acceptors (Lipinski definition) is 2. The first-order valence-corrected chi connectivity index (χ1v) is 11.2. The number of piperidine rings is 1. The van der Waals surface area contributed by atoms with E-state index in [1.54, 1.807) is 23.1 Å². The number of alkyl halides is 1. The lowest BCUT2D eigenvalue weighted by atomic mass is 10.00. The zero-order valence-electron chi connectivity index (χ0n) is 17.2. The number of unbranched alkanes of at least 4 members (excludes halogenated alkanes) is 1. The van der Waals surface area contributed by atoms with Crippen LogP contribution in [0.15, 0.2) is 48.5 Å². The van der Waals surface area contributed by atoms with E-state index in [-0.39, 0.29) is 6.03 Å². The summed E-state index contributed by atoms with van der Waals surface area (Å²) in [7, 11) is 0. The number of rotatable bonds is 7. The minimum absolute atomic E-state index is 0.341.